The van der Waals surface area contributed by atoms with Gasteiger partial charge in [-0.1, -0.05) is 53.2 Å². The molecule has 0 saturated heterocycles. The number of aliphatic imine (C=N–C) groups is 1. The van der Waals surface area contributed by atoms with E-state index in [1.165, 1.54) is 5.56 Å². The number of pyridine rings is 1. The fourth-order valence-corrected chi connectivity index (χ4v) is 4.45. The maximum absolute atomic E-state index is 12.6. The number of rotatable bonds is 4. The third kappa shape index (κ3) is 4.70. The van der Waals surface area contributed by atoms with E-state index in [9.17, 15) is 4.79 Å². The van der Waals surface area contributed by atoms with Gasteiger partial charge < -0.3 is 4.74 Å². The van der Waals surface area contributed by atoms with Gasteiger partial charge in [0.25, 0.3) is 0 Å². The summed E-state index contributed by atoms with van der Waals surface area (Å²) < 4.78 is 5.42. The van der Waals surface area contributed by atoms with E-state index < -0.39 is 5.97 Å². The molecule has 0 atom stereocenters. The van der Waals surface area contributed by atoms with Crippen LogP contribution in [0.15, 0.2) is 93.4 Å². The second kappa shape index (κ2) is 8.85. The minimum Gasteiger partial charge on any atom is -0.402 e. The summed E-state index contributed by atoms with van der Waals surface area (Å²) >= 11 is 7.52. The average Bonchev–Trinajstić information content (AvgIpc) is 3.16. The smallest absolute Gasteiger partial charge is 0.363 e. The van der Waals surface area contributed by atoms with Crippen LogP contribution in [-0.4, -0.2) is 16.9 Å². The second-order valence-electron chi connectivity index (χ2n) is 7.84. The lowest BCUT2D eigenvalue weighted by molar-refractivity contribution is -0.129. The van der Waals surface area contributed by atoms with Gasteiger partial charge in [0.15, 0.2) is 5.70 Å². The first-order chi connectivity index (χ1) is 15.9. The van der Waals surface area contributed by atoms with Crippen LogP contribution >= 0.6 is 23.4 Å². The van der Waals surface area contributed by atoms with Crippen LogP contribution in [0.3, 0.4) is 0 Å². The third-order valence-electron chi connectivity index (χ3n) is 5.21. The molecular formula is C27H19ClN2O2S. The van der Waals surface area contributed by atoms with E-state index in [1.54, 1.807) is 42.1 Å². The standard InChI is InChI=1S/C27H19ClN2O2S/c1-16-4-11-22(12-5-16)33-26-20(14-19-6-3-17(2)13-23(19)30-26)15-24-27(31)32-25(29-24)18-7-9-21(28)10-8-18/h3-15H,1-2H3. The van der Waals surface area contributed by atoms with E-state index >= 15 is 0 Å². The van der Waals surface area contributed by atoms with E-state index in [2.05, 4.69) is 42.2 Å². The Hall–Kier alpha value is -3.41. The molecule has 1 aromatic heterocycles. The van der Waals surface area contributed by atoms with Crippen LogP contribution in [0.5, 0.6) is 0 Å². The molecule has 0 aliphatic carbocycles. The number of carbonyl (C=O) groups is 1. The molecular weight excluding hydrogens is 452 g/mol. The van der Waals surface area contributed by atoms with Gasteiger partial charge in [0.05, 0.1) is 5.52 Å². The molecule has 5 rings (SSSR count). The van der Waals surface area contributed by atoms with Crippen LogP contribution in [0.1, 0.15) is 22.3 Å². The lowest BCUT2D eigenvalue weighted by atomic mass is 10.1. The van der Waals surface area contributed by atoms with Crippen LogP contribution in [0.25, 0.3) is 17.0 Å². The minimum atomic E-state index is -0.491. The summed E-state index contributed by atoms with van der Waals surface area (Å²) in [5.74, 6) is -0.227. The molecule has 0 saturated carbocycles. The number of aromatic nitrogens is 1. The zero-order chi connectivity index (χ0) is 22.9. The highest BCUT2D eigenvalue weighted by Gasteiger charge is 2.25. The fraction of sp³-hybridized carbons (Fsp3) is 0.0741. The van der Waals surface area contributed by atoms with Gasteiger partial charge in [-0.25, -0.2) is 14.8 Å². The Morgan fingerprint density at radius 2 is 1.64 bits per heavy atom. The number of esters is 1. The summed E-state index contributed by atoms with van der Waals surface area (Å²) in [6.07, 6.45) is 1.74. The molecule has 0 bridgehead atoms. The summed E-state index contributed by atoms with van der Waals surface area (Å²) in [5, 5.41) is 2.40. The molecule has 0 fully saturated rings. The van der Waals surface area contributed by atoms with Gasteiger partial charge in [0.2, 0.25) is 5.90 Å². The van der Waals surface area contributed by atoms with Crippen molar-refractivity contribution in [3.63, 3.8) is 0 Å². The summed E-state index contributed by atoms with van der Waals surface area (Å²) in [4.78, 5) is 23.0. The Balaban J connectivity index is 1.59. The van der Waals surface area contributed by atoms with Gasteiger partial charge in [-0.3, -0.25) is 0 Å². The van der Waals surface area contributed by atoms with E-state index in [0.29, 0.717) is 10.6 Å². The zero-order valence-corrected chi connectivity index (χ0v) is 19.6. The van der Waals surface area contributed by atoms with Crippen LogP contribution in [0.4, 0.5) is 0 Å². The van der Waals surface area contributed by atoms with Gasteiger partial charge >= 0.3 is 5.97 Å². The maximum Gasteiger partial charge on any atom is 0.363 e. The second-order valence-corrected chi connectivity index (χ2v) is 9.34. The predicted molar refractivity (Wildman–Crippen MR) is 134 cm³/mol. The van der Waals surface area contributed by atoms with E-state index in [-0.39, 0.29) is 11.6 Å². The van der Waals surface area contributed by atoms with Crippen LogP contribution < -0.4 is 0 Å². The van der Waals surface area contributed by atoms with E-state index in [1.807, 2.05) is 25.1 Å². The Bertz CT molecular complexity index is 1440. The van der Waals surface area contributed by atoms with E-state index in [4.69, 9.17) is 21.3 Å². The molecule has 2 heterocycles. The normalized spacial score (nSPS) is 14.6. The maximum atomic E-state index is 12.6. The first-order valence-corrected chi connectivity index (χ1v) is 11.6. The van der Waals surface area contributed by atoms with Gasteiger partial charge in [-0.2, -0.15) is 0 Å². The molecule has 0 radical (unpaired) electrons. The number of cyclic esters (lactones) is 1. The number of benzene rings is 3. The molecule has 0 spiro atoms. The summed E-state index contributed by atoms with van der Waals surface area (Å²) in [6, 6.07) is 23.5. The molecule has 4 nitrogen and oxygen atoms in total. The number of ether oxygens (including phenoxy) is 1. The Labute approximate surface area is 201 Å². The number of halogens is 1. The molecule has 0 unspecified atom stereocenters. The first-order valence-electron chi connectivity index (χ1n) is 10.4. The van der Waals surface area contributed by atoms with Crippen molar-refractivity contribution < 1.29 is 9.53 Å². The Morgan fingerprint density at radius 1 is 0.909 bits per heavy atom. The quantitative estimate of drug-likeness (QED) is 0.238. The number of aryl methyl sites for hydroxylation is 2. The third-order valence-corrected chi connectivity index (χ3v) is 6.49. The van der Waals surface area contributed by atoms with Crippen LogP contribution in [0.2, 0.25) is 5.02 Å². The lowest BCUT2D eigenvalue weighted by Gasteiger charge is -2.09. The monoisotopic (exact) mass is 470 g/mol. The Kier molecular flexibility index (Phi) is 5.75. The van der Waals surface area contributed by atoms with Crippen molar-refractivity contribution in [1.29, 1.82) is 0 Å². The molecule has 1 aliphatic heterocycles. The molecule has 6 heteroatoms. The van der Waals surface area contributed by atoms with Gasteiger partial charge in [0, 0.05) is 26.4 Å². The first kappa shape index (κ1) is 21.4. The minimum absolute atomic E-state index is 0.235. The fourth-order valence-electron chi connectivity index (χ4n) is 3.45. The predicted octanol–water partition coefficient (Wildman–Crippen LogP) is 7.00. The number of fused-ring (bicyclic) bond motifs is 1. The summed E-state index contributed by atoms with van der Waals surface area (Å²) in [6.45, 7) is 4.11. The van der Waals surface area contributed by atoms with Crippen molar-refractivity contribution in [3.8, 4) is 0 Å². The molecule has 3 aromatic carbocycles. The van der Waals surface area contributed by atoms with E-state index in [0.717, 1.165) is 32.0 Å². The topological polar surface area (TPSA) is 51.6 Å². The molecule has 0 N–H and O–H groups in total. The number of nitrogens with zero attached hydrogens (tertiary/aromatic N) is 2. The van der Waals surface area contributed by atoms with Gasteiger partial charge in [0.1, 0.15) is 5.03 Å². The van der Waals surface area contributed by atoms with Crippen molar-refractivity contribution >= 4 is 52.2 Å². The number of hydrogen-bond acceptors (Lipinski definition) is 5. The number of hydrogen-bond donors (Lipinski definition) is 0. The SMILES string of the molecule is Cc1ccc(Sc2nc3cc(C)ccc3cc2C=C2N=C(c3ccc(Cl)cc3)OC2=O)cc1. The van der Waals surface area contributed by atoms with Gasteiger partial charge in [-0.05, 0) is 74.0 Å². The highest BCUT2D eigenvalue weighted by atomic mass is 35.5. The van der Waals surface area contributed by atoms with Crippen molar-refractivity contribution in [1.82, 2.24) is 4.98 Å². The summed E-state index contributed by atoms with van der Waals surface area (Å²) in [7, 11) is 0. The zero-order valence-electron chi connectivity index (χ0n) is 18.0. The van der Waals surface area contributed by atoms with Crippen LogP contribution in [0, 0.1) is 13.8 Å². The highest BCUT2D eigenvalue weighted by Crippen LogP contribution is 2.33. The Morgan fingerprint density at radius 3 is 2.39 bits per heavy atom. The summed E-state index contributed by atoms with van der Waals surface area (Å²) in [5.41, 5.74) is 4.98. The van der Waals surface area contributed by atoms with Crippen molar-refractivity contribution in [2.45, 2.75) is 23.8 Å². The molecule has 162 valence electrons. The molecule has 1 aliphatic rings. The van der Waals surface area contributed by atoms with Crippen molar-refractivity contribution in [2.24, 2.45) is 4.99 Å². The molecule has 33 heavy (non-hydrogen) atoms. The number of carbonyl (C=O) groups excluding carboxylic acids is 1. The largest absolute Gasteiger partial charge is 0.402 e. The van der Waals surface area contributed by atoms with Crippen molar-refractivity contribution in [3.05, 3.63) is 106 Å². The van der Waals surface area contributed by atoms with Crippen LogP contribution in [-0.2, 0) is 9.53 Å². The lowest BCUT2D eigenvalue weighted by Crippen LogP contribution is -2.05. The molecule has 4 aromatic rings. The highest BCUT2D eigenvalue weighted by molar-refractivity contribution is 7.99. The van der Waals surface area contributed by atoms with Crippen molar-refractivity contribution in [2.75, 3.05) is 0 Å². The molecule has 0 amide bonds. The van der Waals surface area contributed by atoms with Gasteiger partial charge in [-0.15, -0.1) is 0 Å². The average molecular weight is 471 g/mol.